The normalized spacial score (nSPS) is 12.1. The standard InChI is InChI=1S/C20H24N4O/c1-13-8-14(2)10-16(9-13)11-15(3)22-20(25)21-12-19-23-17-6-4-5-7-18(17)24-19/h4-10,15H,11-12H2,1-3H3,(H,23,24)(H2,21,22,25)/t15-/m0/s1. The van der Waals surface area contributed by atoms with E-state index < -0.39 is 0 Å². The zero-order valence-electron chi connectivity index (χ0n) is 14.9. The van der Waals surface area contributed by atoms with Gasteiger partial charge in [-0.3, -0.25) is 0 Å². The molecule has 5 nitrogen and oxygen atoms in total. The average molecular weight is 336 g/mol. The molecule has 0 spiro atoms. The molecule has 0 aliphatic carbocycles. The van der Waals surface area contributed by atoms with E-state index in [1.54, 1.807) is 0 Å². The van der Waals surface area contributed by atoms with Gasteiger partial charge in [0.15, 0.2) is 0 Å². The Kier molecular flexibility index (Phi) is 5.03. The van der Waals surface area contributed by atoms with Crippen LogP contribution in [0.2, 0.25) is 0 Å². The largest absolute Gasteiger partial charge is 0.340 e. The lowest BCUT2D eigenvalue weighted by molar-refractivity contribution is 0.237. The van der Waals surface area contributed by atoms with E-state index in [2.05, 4.69) is 52.6 Å². The van der Waals surface area contributed by atoms with Crippen LogP contribution in [0.5, 0.6) is 0 Å². The highest BCUT2D eigenvalue weighted by Gasteiger charge is 2.09. The molecule has 1 heterocycles. The van der Waals surface area contributed by atoms with Crippen LogP contribution in [-0.4, -0.2) is 22.0 Å². The highest BCUT2D eigenvalue weighted by Crippen LogP contribution is 2.11. The van der Waals surface area contributed by atoms with Gasteiger partial charge in [-0.05, 0) is 44.9 Å². The van der Waals surface area contributed by atoms with Crippen molar-refractivity contribution in [1.29, 1.82) is 0 Å². The predicted octanol–water partition coefficient (Wildman–Crippen LogP) is 3.61. The zero-order chi connectivity index (χ0) is 17.8. The van der Waals surface area contributed by atoms with Crippen molar-refractivity contribution < 1.29 is 4.79 Å². The molecule has 1 atom stereocenters. The smallest absolute Gasteiger partial charge is 0.315 e. The van der Waals surface area contributed by atoms with Crippen molar-refractivity contribution >= 4 is 17.1 Å². The number of para-hydroxylation sites is 2. The number of carbonyl (C=O) groups excluding carboxylic acids is 1. The minimum absolute atomic E-state index is 0.0527. The highest BCUT2D eigenvalue weighted by molar-refractivity contribution is 5.76. The van der Waals surface area contributed by atoms with Gasteiger partial charge in [-0.1, -0.05) is 41.5 Å². The van der Waals surface area contributed by atoms with Crippen molar-refractivity contribution in [2.75, 3.05) is 0 Å². The SMILES string of the molecule is Cc1cc(C)cc(C[C@H](C)NC(=O)NCc2nc3ccccc3[nH]2)c1. The van der Waals surface area contributed by atoms with E-state index in [1.807, 2.05) is 31.2 Å². The van der Waals surface area contributed by atoms with Gasteiger partial charge in [0.05, 0.1) is 17.6 Å². The Balaban J connectivity index is 1.51. The summed E-state index contributed by atoms with van der Waals surface area (Å²) in [6.07, 6.45) is 0.806. The number of benzene rings is 2. The van der Waals surface area contributed by atoms with Gasteiger partial charge in [-0.25, -0.2) is 9.78 Å². The molecule has 0 radical (unpaired) electrons. The van der Waals surface area contributed by atoms with E-state index in [0.717, 1.165) is 23.3 Å². The molecule has 3 aromatic rings. The summed E-state index contributed by atoms with van der Waals surface area (Å²) in [6.45, 7) is 6.57. The van der Waals surface area contributed by atoms with Gasteiger partial charge in [-0.15, -0.1) is 0 Å². The number of urea groups is 1. The number of H-pyrrole nitrogens is 1. The number of fused-ring (bicyclic) bond motifs is 1. The Bertz CT molecular complexity index is 831. The fourth-order valence-electron chi connectivity index (χ4n) is 3.12. The number of hydrogen-bond acceptors (Lipinski definition) is 2. The number of aromatic amines is 1. The first-order valence-corrected chi connectivity index (χ1v) is 8.55. The fourth-order valence-corrected chi connectivity index (χ4v) is 3.12. The van der Waals surface area contributed by atoms with Crippen molar-refractivity contribution in [2.45, 2.75) is 39.8 Å². The van der Waals surface area contributed by atoms with Crippen molar-refractivity contribution in [2.24, 2.45) is 0 Å². The number of imidazole rings is 1. The summed E-state index contributed by atoms with van der Waals surface area (Å²) in [7, 11) is 0. The third-order valence-electron chi connectivity index (χ3n) is 4.06. The molecule has 0 saturated carbocycles. The zero-order valence-corrected chi connectivity index (χ0v) is 14.9. The first kappa shape index (κ1) is 17.0. The number of nitrogens with one attached hydrogen (secondary N) is 3. The summed E-state index contributed by atoms with van der Waals surface area (Å²) in [5.74, 6) is 0.748. The first-order chi connectivity index (χ1) is 12.0. The maximum atomic E-state index is 12.1. The highest BCUT2D eigenvalue weighted by atomic mass is 16.2. The van der Waals surface area contributed by atoms with E-state index in [9.17, 15) is 4.79 Å². The first-order valence-electron chi connectivity index (χ1n) is 8.55. The van der Waals surface area contributed by atoms with Crippen molar-refractivity contribution in [1.82, 2.24) is 20.6 Å². The molecule has 0 aliphatic rings. The molecule has 25 heavy (non-hydrogen) atoms. The van der Waals surface area contributed by atoms with Crippen LogP contribution in [0.25, 0.3) is 11.0 Å². The number of aryl methyl sites for hydroxylation is 2. The van der Waals surface area contributed by atoms with E-state index in [1.165, 1.54) is 16.7 Å². The van der Waals surface area contributed by atoms with Gasteiger partial charge in [0.25, 0.3) is 0 Å². The molecule has 5 heteroatoms. The van der Waals surface area contributed by atoms with Gasteiger partial charge >= 0.3 is 6.03 Å². The predicted molar refractivity (Wildman–Crippen MR) is 101 cm³/mol. The lowest BCUT2D eigenvalue weighted by Crippen LogP contribution is -2.41. The maximum Gasteiger partial charge on any atom is 0.315 e. The molecular formula is C20H24N4O. The molecule has 0 aliphatic heterocycles. The Labute approximate surface area is 147 Å². The second-order valence-corrected chi connectivity index (χ2v) is 6.63. The molecule has 0 saturated heterocycles. The lowest BCUT2D eigenvalue weighted by atomic mass is 10.0. The van der Waals surface area contributed by atoms with Crippen molar-refractivity contribution in [3.63, 3.8) is 0 Å². The minimum atomic E-state index is -0.183. The van der Waals surface area contributed by atoms with E-state index in [4.69, 9.17) is 0 Å². The number of rotatable bonds is 5. The third-order valence-corrected chi connectivity index (χ3v) is 4.06. The molecular weight excluding hydrogens is 312 g/mol. The van der Waals surface area contributed by atoms with Gasteiger partial charge in [0, 0.05) is 6.04 Å². The van der Waals surface area contributed by atoms with Gasteiger partial charge < -0.3 is 15.6 Å². The molecule has 0 bridgehead atoms. The van der Waals surface area contributed by atoms with Gasteiger partial charge in [0.2, 0.25) is 0 Å². The Morgan fingerprint density at radius 2 is 1.88 bits per heavy atom. The topological polar surface area (TPSA) is 69.8 Å². The van der Waals surface area contributed by atoms with Crippen LogP contribution in [0.3, 0.4) is 0 Å². The second kappa shape index (κ2) is 7.38. The number of amides is 2. The molecule has 0 unspecified atom stereocenters. The van der Waals surface area contributed by atoms with Crippen molar-refractivity contribution in [3.8, 4) is 0 Å². The summed E-state index contributed by atoms with van der Waals surface area (Å²) in [5, 5.41) is 5.84. The Hall–Kier alpha value is -2.82. The molecule has 130 valence electrons. The summed E-state index contributed by atoms with van der Waals surface area (Å²) in [5.41, 5.74) is 5.61. The number of hydrogen-bond donors (Lipinski definition) is 3. The number of nitrogens with zero attached hydrogens (tertiary/aromatic N) is 1. The molecule has 0 fully saturated rings. The number of aromatic nitrogens is 2. The van der Waals surface area contributed by atoms with Crippen LogP contribution in [0.15, 0.2) is 42.5 Å². The van der Waals surface area contributed by atoms with Crippen molar-refractivity contribution in [3.05, 3.63) is 65.0 Å². The maximum absolute atomic E-state index is 12.1. The molecule has 1 aromatic heterocycles. The summed E-state index contributed by atoms with van der Waals surface area (Å²) in [4.78, 5) is 19.8. The molecule has 2 aromatic carbocycles. The van der Waals surface area contributed by atoms with Crippen LogP contribution < -0.4 is 10.6 Å². The monoisotopic (exact) mass is 336 g/mol. The van der Waals surface area contributed by atoms with Gasteiger partial charge in [-0.2, -0.15) is 0 Å². The molecule has 2 amide bonds. The Morgan fingerprint density at radius 1 is 1.16 bits per heavy atom. The third kappa shape index (κ3) is 4.59. The van der Waals surface area contributed by atoms with Crippen LogP contribution in [0.1, 0.15) is 29.4 Å². The van der Waals surface area contributed by atoms with E-state index >= 15 is 0 Å². The fraction of sp³-hybridized carbons (Fsp3) is 0.300. The number of carbonyl (C=O) groups is 1. The quantitative estimate of drug-likeness (QED) is 0.666. The van der Waals surface area contributed by atoms with Crippen LogP contribution in [-0.2, 0) is 13.0 Å². The van der Waals surface area contributed by atoms with Crippen LogP contribution >= 0.6 is 0 Å². The minimum Gasteiger partial charge on any atom is -0.340 e. The van der Waals surface area contributed by atoms with E-state index in [0.29, 0.717) is 6.54 Å². The summed E-state index contributed by atoms with van der Waals surface area (Å²) < 4.78 is 0. The van der Waals surface area contributed by atoms with Crippen LogP contribution in [0.4, 0.5) is 4.79 Å². The van der Waals surface area contributed by atoms with Gasteiger partial charge in [0.1, 0.15) is 5.82 Å². The average Bonchev–Trinajstić information content (AvgIpc) is 2.94. The molecule has 3 rings (SSSR count). The molecule has 3 N–H and O–H groups in total. The van der Waals surface area contributed by atoms with Crippen LogP contribution in [0, 0.1) is 13.8 Å². The van der Waals surface area contributed by atoms with E-state index in [-0.39, 0.29) is 12.1 Å². The summed E-state index contributed by atoms with van der Waals surface area (Å²) >= 11 is 0. The lowest BCUT2D eigenvalue weighted by Gasteiger charge is -2.15. The Morgan fingerprint density at radius 3 is 2.60 bits per heavy atom. The summed E-state index contributed by atoms with van der Waals surface area (Å²) in [6, 6.07) is 14.2. The second-order valence-electron chi connectivity index (χ2n) is 6.63.